The second kappa shape index (κ2) is 10.6. The van der Waals surface area contributed by atoms with Crippen molar-refractivity contribution in [2.24, 2.45) is 0 Å². The van der Waals surface area contributed by atoms with Gasteiger partial charge < -0.3 is 0 Å². The highest BCUT2D eigenvalue weighted by Crippen LogP contribution is 2.41. The number of unbranched alkanes of at least 4 members (excludes halogenated alkanes) is 5. The van der Waals surface area contributed by atoms with Gasteiger partial charge in [0.15, 0.2) is 0 Å². The van der Waals surface area contributed by atoms with Gasteiger partial charge in [-0.1, -0.05) is 45.1 Å². The van der Waals surface area contributed by atoms with E-state index in [9.17, 15) is 26.0 Å². The second-order valence-electron chi connectivity index (χ2n) is 5.24. The molecule has 1 aromatic rings. The summed E-state index contributed by atoms with van der Waals surface area (Å²) in [6.07, 6.45) is 5.75. The molecule has 24 heavy (non-hydrogen) atoms. The first-order valence-corrected chi connectivity index (χ1v) is 9.08. The Labute approximate surface area is 140 Å². The van der Waals surface area contributed by atoms with Crippen molar-refractivity contribution in [2.75, 3.05) is 0 Å². The van der Waals surface area contributed by atoms with E-state index in [2.05, 4.69) is 4.98 Å². The fourth-order valence-corrected chi connectivity index (χ4v) is 2.25. The summed E-state index contributed by atoms with van der Waals surface area (Å²) in [7, 11) is -6.09. The zero-order chi connectivity index (χ0) is 18.7. The van der Waals surface area contributed by atoms with Crippen LogP contribution in [0, 0.1) is 0 Å². The molecule has 0 aliphatic carbocycles. The molecule has 0 unspecified atom stereocenters. The van der Waals surface area contributed by atoms with Crippen LogP contribution in [0.1, 0.15) is 51.9 Å². The summed E-state index contributed by atoms with van der Waals surface area (Å²) in [5.74, 6) is -4.74. The summed E-state index contributed by atoms with van der Waals surface area (Å²) in [6.45, 7) is 1.97. The Balaban J connectivity index is 0.000000728. The topological polar surface area (TPSA) is 67.3 Å². The van der Waals surface area contributed by atoms with Crippen LogP contribution in [0.5, 0.6) is 0 Å². The van der Waals surface area contributed by atoms with Crippen LogP contribution in [0.3, 0.4) is 0 Å². The summed E-state index contributed by atoms with van der Waals surface area (Å²) < 4.78 is 80.0. The van der Waals surface area contributed by atoms with Gasteiger partial charge in [-0.3, -0.25) is 9.54 Å². The lowest BCUT2D eigenvalue weighted by molar-refractivity contribution is -0.164. The summed E-state index contributed by atoms with van der Waals surface area (Å²) in [6, 6.07) is 5.72. The van der Waals surface area contributed by atoms with E-state index < -0.39 is 27.7 Å². The highest BCUT2D eigenvalue weighted by molar-refractivity contribution is 7.87. The predicted molar refractivity (Wildman–Crippen MR) is 83.7 cm³/mol. The quantitative estimate of drug-likeness (QED) is 0.378. The molecule has 140 valence electrons. The average Bonchev–Trinajstić information content (AvgIpc) is 2.52. The second-order valence-corrected chi connectivity index (χ2v) is 6.70. The van der Waals surface area contributed by atoms with Crippen LogP contribution in [0.4, 0.5) is 17.6 Å². The molecule has 0 saturated heterocycles. The summed E-state index contributed by atoms with van der Waals surface area (Å²) in [5, 5.41) is -5.43. The molecule has 4 nitrogen and oxygen atoms in total. The van der Waals surface area contributed by atoms with Gasteiger partial charge in [0.1, 0.15) is 0 Å². The highest BCUT2D eigenvalue weighted by atomic mass is 32.2. The van der Waals surface area contributed by atoms with E-state index in [0.29, 0.717) is 12.8 Å². The zero-order valence-electron chi connectivity index (χ0n) is 13.5. The zero-order valence-corrected chi connectivity index (χ0v) is 14.3. The molecule has 0 saturated carbocycles. The molecule has 0 spiro atoms. The molecule has 1 N–H and O–H groups in total. The molecule has 0 amide bonds. The summed E-state index contributed by atoms with van der Waals surface area (Å²) in [5.41, 5.74) is 0. The fourth-order valence-electron chi connectivity index (χ4n) is 1.77. The smallest absolute Gasteiger partial charge is 0.281 e. The van der Waals surface area contributed by atoms with Gasteiger partial charge in [0.2, 0.25) is 0 Å². The maximum absolute atomic E-state index is 13.0. The Morgan fingerprint density at radius 2 is 1.42 bits per heavy atom. The van der Waals surface area contributed by atoms with Crippen molar-refractivity contribution >= 4 is 10.1 Å². The van der Waals surface area contributed by atoms with E-state index >= 15 is 0 Å². The van der Waals surface area contributed by atoms with Crippen LogP contribution in [0.15, 0.2) is 30.6 Å². The van der Waals surface area contributed by atoms with E-state index in [0.717, 1.165) is 19.3 Å². The predicted octanol–water partition coefficient (Wildman–Crippen LogP) is 4.93. The van der Waals surface area contributed by atoms with Gasteiger partial charge in [0.05, 0.1) is 0 Å². The number of halogens is 4. The van der Waals surface area contributed by atoms with Crippen molar-refractivity contribution in [2.45, 2.75) is 63.0 Å². The van der Waals surface area contributed by atoms with Gasteiger partial charge >= 0.3 is 21.3 Å². The number of alkyl halides is 4. The first kappa shape index (κ1) is 22.8. The van der Waals surface area contributed by atoms with E-state index in [1.807, 2.05) is 25.1 Å². The fraction of sp³-hybridized carbons (Fsp3) is 0.667. The molecular formula is C15H23F4NO3S. The molecular weight excluding hydrogens is 350 g/mol. The lowest BCUT2D eigenvalue weighted by Crippen LogP contribution is -2.46. The summed E-state index contributed by atoms with van der Waals surface area (Å²) >= 11 is 0. The number of hydrogen-bond donors (Lipinski definition) is 1. The van der Waals surface area contributed by atoms with Crippen molar-refractivity contribution in [3.05, 3.63) is 30.6 Å². The molecule has 0 aliphatic heterocycles. The number of aromatic nitrogens is 1. The standard InChI is InChI=1S/C10H18F4O3S.C5H5N/c1-2-3-4-5-6-7-8-9(11,12)10(13,14)18(15,16)17;1-2-4-6-5-3-1/h2-8H2,1H3,(H,15,16,17);1-5H. The van der Waals surface area contributed by atoms with Crippen LogP contribution in [0.2, 0.25) is 0 Å². The van der Waals surface area contributed by atoms with Crippen molar-refractivity contribution < 1.29 is 30.5 Å². The van der Waals surface area contributed by atoms with E-state index in [4.69, 9.17) is 4.55 Å². The van der Waals surface area contributed by atoms with Crippen molar-refractivity contribution in [3.8, 4) is 0 Å². The Kier molecular flexibility index (Phi) is 10.1. The Morgan fingerprint density at radius 1 is 0.917 bits per heavy atom. The van der Waals surface area contributed by atoms with Crippen LogP contribution < -0.4 is 0 Å². The SMILES string of the molecule is CCCCCCCCC(F)(F)C(F)(F)S(=O)(=O)O.c1ccncc1. The van der Waals surface area contributed by atoms with Crippen LogP contribution in [-0.2, 0) is 10.1 Å². The Hall–Kier alpha value is -1.22. The minimum atomic E-state index is -6.09. The lowest BCUT2D eigenvalue weighted by Gasteiger charge is -2.23. The first-order chi connectivity index (χ1) is 11.1. The third-order valence-corrected chi connectivity index (χ3v) is 4.11. The molecule has 0 aliphatic rings. The van der Waals surface area contributed by atoms with E-state index in [-0.39, 0.29) is 6.42 Å². The van der Waals surface area contributed by atoms with Crippen LogP contribution in [-0.4, -0.2) is 29.1 Å². The van der Waals surface area contributed by atoms with Crippen molar-refractivity contribution in [1.82, 2.24) is 4.98 Å². The number of nitrogens with zero attached hydrogens (tertiary/aromatic N) is 1. The van der Waals surface area contributed by atoms with Gasteiger partial charge in [0, 0.05) is 18.8 Å². The molecule has 1 rings (SSSR count). The van der Waals surface area contributed by atoms with Gasteiger partial charge in [-0.05, 0) is 18.6 Å². The normalized spacial score (nSPS) is 12.4. The number of rotatable bonds is 9. The van der Waals surface area contributed by atoms with Gasteiger partial charge in [-0.15, -0.1) is 0 Å². The molecule has 0 radical (unpaired) electrons. The molecule has 1 aromatic heterocycles. The third-order valence-electron chi connectivity index (χ3n) is 3.16. The van der Waals surface area contributed by atoms with Crippen molar-refractivity contribution in [3.63, 3.8) is 0 Å². The van der Waals surface area contributed by atoms with E-state index in [1.54, 1.807) is 12.4 Å². The largest absolute Gasteiger partial charge is 0.431 e. The molecule has 0 bridgehead atoms. The minimum Gasteiger partial charge on any atom is -0.281 e. The highest BCUT2D eigenvalue weighted by Gasteiger charge is 2.64. The molecule has 0 atom stereocenters. The first-order valence-electron chi connectivity index (χ1n) is 7.64. The maximum Gasteiger partial charge on any atom is 0.431 e. The van der Waals surface area contributed by atoms with Gasteiger partial charge in [-0.25, -0.2) is 0 Å². The molecule has 1 heterocycles. The number of hydrogen-bond acceptors (Lipinski definition) is 3. The minimum absolute atomic E-state index is 0.207. The molecule has 9 heteroatoms. The van der Waals surface area contributed by atoms with Gasteiger partial charge in [0.25, 0.3) is 0 Å². The average molecular weight is 373 g/mol. The molecule has 0 fully saturated rings. The van der Waals surface area contributed by atoms with Crippen molar-refractivity contribution in [1.29, 1.82) is 0 Å². The number of pyridine rings is 1. The summed E-state index contributed by atoms with van der Waals surface area (Å²) in [4.78, 5) is 3.78. The lowest BCUT2D eigenvalue weighted by atomic mass is 10.1. The maximum atomic E-state index is 13.0. The monoisotopic (exact) mass is 373 g/mol. The van der Waals surface area contributed by atoms with E-state index in [1.165, 1.54) is 0 Å². The molecule has 0 aromatic carbocycles. The van der Waals surface area contributed by atoms with Gasteiger partial charge in [-0.2, -0.15) is 26.0 Å². The van der Waals surface area contributed by atoms with Crippen LogP contribution in [0.25, 0.3) is 0 Å². The Morgan fingerprint density at radius 3 is 1.79 bits per heavy atom. The Bertz CT molecular complexity index is 512. The third kappa shape index (κ3) is 8.05. The van der Waals surface area contributed by atoms with Crippen LogP contribution >= 0.6 is 0 Å².